The number of likely N-dealkylation sites (tertiary alicyclic amines) is 2. The van der Waals surface area contributed by atoms with E-state index >= 15 is 0 Å². The van der Waals surface area contributed by atoms with Gasteiger partial charge in [-0.3, -0.25) is 4.79 Å². The molecule has 0 atom stereocenters. The maximum atomic E-state index is 12.6. The molecular weight excluding hydrogens is 456 g/mol. The lowest BCUT2D eigenvalue weighted by molar-refractivity contribution is -0.122. The maximum absolute atomic E-state index is 12.6. The standard InChI is InChI=1S/C24H40N4O3S2/c29-23(20-21-7-17-28(18-8-21)33(30,31)24-6-4-19-32-24)25-11-5-12-26-15-9-22(10-16-26)27-13-2-1-3-14-27/h4,6,19,21-22H,1-3,5,7-18,20H2,(H,25,29). The third-order valence-corrected chi connectivity index (χ3v) is 10.8. The summed E-state index contributed by atoms with van der Waals surface area (Å²) in [6.07, 6.45) is 9.72. The van der Waals surface area contributed by atoms with Crippen LogP contribution in [-0.4, -0.2) is 86.8 Å². The normalized spacial score (nSPS) is 23.0. The summed E-state index contributed by atoms with van der Waals surface area (Å²) < 4.78 is 27.2. The van der Waals surface area contributed by atoms with E-state index in [9.17, 15) is 13.2 Å². The van der Waals surface area contributed by atoms with Gasteiger partial charge in [-0.25, -0.2) is 8.42 Å². The van der Waals surface area contributed by atoms with Crippen molar-refractivity contribution in [2.24, 2.45) is 5.92 Å². The minimum Gasteiger partial charge on any atom is -0.356 e. The predicted molar refractivity (Wildman–Crippen MR) is 133 cm³/mol. The lowest BCUT2D eigenvalue weighted by Gasteiger charge is -2.40. The van der Waals surface area contributed by atoms with E-state index in [-0.39, 0.29) is 11.8 Å². The first-order chi connectivity index (χ1) is 16.0. The fourth-order valence-electron chi connectivity index (χ4n) is 5.55. The van der Waals surface area contributed by atoms with Crippen molar-refractivity contribution in [2.45, 2.75) is 68.0 Å². The van der Waals surface area contributed by atoms with Crippen molar-refractivity contribution in [3.63, 3.8) is 0 Å². The van der Waals surface area contributed by atoms with Gasteiger partial charge in [-0.15, -0.1) is 11.3 Å². The topological polar surface area (TPSA) is 73.0 Å². The Hall–Kier alpha value is -1.00. The molecule has 0 radical (unpaired) electrons. The summed E-state index contributed by atoms with van der Waals surface area (Å²) >= 11 is 1.26. The molecule has 186 valence electrons. The van der Waals surface area contributed by atoms with Gasteiger partial charge in [0.05, 0.1) is 0 Å². The lowest BCUT2D eigenvalue weighted by Crippen LogP contribution is -2.47. The SMILES string of the molecule is O=C(CC1CCN(S(=O)(=O)c2cccs2)CC1)NCCCN1CCC(N2CCCCC2)CC1. The summed E-state index contributed by atoms with van der Waals surface area (Å²) in [6.45, 7) is 7.75. The van der Waals surface area contributed by atoms with E-state index in [0.29, 0.717) is 23.7 Å². The highest BCUT2D eigenvalue weighted by Gasteiger charge is 2.31. The molecule has 33 heavy (non-hydrogen) atoms. The van der Waals surface area contributed by atoms with Crippen molar-refractivity contribution in [2.75, 3.05) is 52.4 Å². The number of hydrogen-bond acceptors (Lipinski definition) is 6. The number of hydrogen-bond donors (Lipinski definition) is 1. The molecule has 1 amide bonds. The Bertz CT molecular complexity index is 824. The van der Waals surface area contributed by atoms with Gasteiger partial charge in [0.25, 0.3) is 10.0 Å². The van der Waals surface area contributed by atoms with Gasteiger partial charge in [-0.1, -0.05) is 12.5 Å². The van der Waals surface area contributed by atoms with Gasteiger partial charge in [0.15, 0.2) is 0 Å². The molecule has 3 fully saturated rings. The van der Waals surface area contributed by atoms with E-state index in [1.54, 1.807) is 21.8 Å². The Balaban J connectivity index is 1.06. The Labute approximate surface area is 203 Å². The largest absolute Gasteiger partial charge is 0.356 e. The van der Waals surface area contributed by atoms with Gasteiger partial charge in [-0.2, -0.15) is 4.31 Å². The molecule has 1 N–H and O–H groups in total. The fraction of sp³-hybridized carbons (Fsp3) is 0.792. The minimum absolute atomic E-state index is 0.110. The number of carbonyl (C=O) groups excluding carboxylic acids is 1. The number of nitrogens with zero attached hydrogens (tertiary/aromatic N) is 3. The van der Waals surface area contributed by atoms with E-state index in [4.69, 9.17) is 0 Å². The number of amides is 1. The highest BCUT2D eigenvalue weighted by molar-refractivity contribution is 7.91. The molecule has 3 aliphatic heterocycles. The summed E-state index contributed by atoms with van der Waals surface area (Å²) in [5.74, 6) is 0.381. The molecule has 0 unspecified atom stereocenters. The number of carbonyl (C=O) groups is 1. The van der Waals surface area contributed by atoms with E-state index in [2.05, 4.69) is 15.1 Å². The van der Waals surface area contributed by atoms with Gasteiger partial charge in [0, 0.05) is 32.1 Å². The zero-order valence-corrected chi connectivity index (χ0v) is 21.4. The van der Waals surface area contributed by atoms with Gasteiger partial charge in [0.1, 0.15) is 4.21 Å². The number of piperidine rings is 3. The molecule has 0 bridgehead atoms. The maximum Gasteiger partial charge on any atom is 0.252 e. The highest BCUT2D eigenvalue weighted by atomic mass is 32.2. The summed E-state index contributed by atoms with van der Waals surface area (Å²) in [5.41, 5.74) is 0. The van der Waals surface area contributed by atoms with Crippen LogP contribution in [0.25, 0.3) is 0 Å². The third-order valence-electron chi connectivity index (χ3n) is 7.57. The van der Waals surface area contributed by atoms with E-state index in [1.165, 1.54) is 69.6 Å². The average Bonchev–Trinajstić information content (AvgIpc) is 3.39. The van der Waals surface area contributed by atoms with Crippen LogP contribution in [0, 0.1) is 5.92 Å². The quantitative estimate of drug-likeness (QED) is 0.532. The first kappa shape index (κ1) is 25.1. The predicted octanol–water partition coefficient (Wildman–Crippen LogP) is 3.00. The van der Waals surface area contributed by atoms with Crippen molar-refractivity contribution < 1.29 is 13.2 Å². The summed E-state index contributed by atoms with van der Waals surface area (Å²) in [7, 11) is -3.37. The molecule has 7 nitrogen and oxygen atoms in total. The number of rotatable bonds is 9. The second kappa shape index (κ2) is 12.1. The summed E-state index contributed by atoms with van der Waals surface area (Å²) in [4.78, 5) is 17.6. The van der Waals surface area contributed by atoms with Crippen molar-refractivity contribution in [3.05, 3.63) is 17.5 Å². The van der Waals surface area contributed by atoms with Crippen molar-refractivity contribution >= 4 is 27.3 Å². The number of thiophene rings is 1. The van der Waals surface area contributed by atoms with Crippen LogP contribution in [0.2, 0.25) is 0 Å². The van der Waals surface area contributed by atoms with Gasteiger partial charge < -0.3 is 15.1 Å². The molecule has 4 heterocycles. The monoisotopic (exact) mass is 496 g/mol. The number of sulfonamides is 1. The molecular formula is C24H40N4O3S2. The van der Waals surface area contributed by atoms with Crippen LogP contribution in [0.15, 0.2) is 21.7 Å². The molecule has 1 aromatic rings. The van der Waals surface area contributed by atoms with Gasteiger partial charge in [-0.05, 0) is 95.0 Å². The molecule has 0 spiro atoms. The molecule has 4 rings (SSSR count). The fourth-order valence-corrected chi connectivity index (χ4v) is 8.16. The first-order valence-corrected chi connectivity index (χ1v) is 15.1. The van der Waals surface area contributed by atoms with Gasteiger partial charge >= 0.3 is 0 Å². The van der Waals surface area contributed by atoms with Crippen LogP contribution in [-0.2, 0) is 14.8 Å². The summed E-state index contributed by atoms with van der Waals surface area (Å²) in [5, 5.41) is 4.88. The summed E-state index contributed by atoms with van der Waals surface area (Å²) in [6, 6.07) is 4.22. The lowest BCUT2D eigenvalue weighted by atomic mass is 9.94. The van der Waals surface area contributed by atoms with Crippen LogP contribution >= 0.6 is 11.3 Å². The Kier molecular flexibility index (Phi) is 9.21. The molecule has 0 saturated carbocycles. The molecule has 3 saturated heterocycles. The van der Waals surface area contributed by atoms with E-state index < -0.39 is 10.0 Å². The highest BCUT2D eigenvalue weighted by Crippen LogP contribution is 2.27. The van der Waals surface area contributed by atoms with Gasteiger partial charge in [0.2, 0.25) is 5.91 Å². The average molecular weight is 497 g/mol. The molecule has 0 aromatic carbocycles. The van der Waals surface area contributed by atoms with E-state index in [1.807, 2.05) is 0 Å². The second-order valence-corrected chi connectivity index (χ2v) is 13.0. The second-order valence-electron chi connectivity index (χ2n) is 9.86. The van der Waals surface area contributed by atoms with E-state index in [0.717, 1.165) is 38.4 Å². The van der Waals surface area contributed by atoms with Crippen LogP contribution in [0.3, 0.4) is 0 Å². The zero-order chi connectivity index (χ0) is 23.1. The van der Waals surface area contributed by atoms with Crippen LogP contribution < -0.4 is 5.32 Å². The molecule has 3 aliphatic rings. The van der Waals surface area contributed by atoms with Crippen LogP contribution in [0.5, 0.6) is 0 Å². The third kappa shape index (κ3) is 7.01. The van der Waals surface area contributed by atoms with Crippen molar-refractivity contribution in [1.82, 2.24) is 19.4 Å². The molecule has 0 aliphatic carbocycles. The first-order valence-electron chi connectivity index (χ1n) is 12.8. The Morgan fingerprint density at radius 3 is 2.39 bits per heavy atom. The molecule has 9 heteroatoms. The Morgan fingerprint density at radius 1 is 1.00 bits per heavy atom. The Morgan fingerprint density at radius 2 is 1.73 bits per heavy atom. The molecule has 1 aromatic heterocycles. The smallest absolute Gasteiger partial charge is 0.252 e. The van der Waals surface area contributed by atoms with Crippen molar-refractivity contribution in [1.29, 1.82) is 0 Å². The number of nitrogens with one attached hydrogen (secondary N) is 1. The van der Waals surface area contributed by atoms with Crippen LogP contribution in [0.1, 0.15) is 57.8 Å². The zero-order valence-electron chi connectivity index (χ0n) is 19.8. The van der Waals surface area contributed by atoms with Crippen LogP contribution in [0.4, 0.5) is 0 Å². The minimum atomic E-state index is -3.37. The van der Waals surface area contributed by atoms with Crippen molar-refractivity contribution in [3.8, 4) is 0 Å².